The van der Waals surface area contributed by atoms with Gasteiger partial charge in [-0.2, -0.15) is 9.57 Å². The van der Waals surface area contributed by atoms with Gasteiger partial charge in [-0.3, -0.25) is 0 Å². The van der Waals surface area contributed by atoms with Gasteiger partial charge in [-0.15, -0.1) is 0 Å². The fourth-order valence-corrected chi connectivity index (χ4v) is 3.36. The maximum absolute atomic E-state index is 12.5. The van der Waals surface area contributed by atoms with E-state index in [9.17, 15) is 8.42 Å². The molecule has 0 aliphatic carbocycles. The highest BCUT2D eigenvalue weighted by molar-refractivity contribution is 7.89. The maximum Gasteiger partial charge on any atom is 0.245 e. The Morgan fingerprint density at radius 1 is 1.40 bits per heavy atom. The van der Waals surface area contributed by atoms with Gasteiger partial charge in [0.05, 0.1) is 23.9 Å². The van der Waals surface area contributed by atoms with Crippen LogP contribution < -0.4 is 5.73 Å². The fourth-order valence-electron chi connectivity index (χ4n) is 1.79. The minimum Gasteiger partial charge on any atom is -0.398 e. The second-order valence-corrected chi connectivity index (χ2v) is 6.25. The quantitative estimate of drug-likeness (QED) is 0.728. The van der Waals surface area contributed by atoms with Crippen molar-refractivity contribution in [2.24, 2.45) is 0 Å². The van der Waals surface area contributed by atoms with E-state index in [1.807, 2.05) is 13.0 Å². The summed E-state index contributed by atoms with van der Waals surface area (Å²) in [6, 6.07) is 5.99. The molecule has 0 aliphatic rings. The van der Waals surface area contributed by atoms with E-state index in [2.05, 4.69) is 0 Å². The molecule has 6 nitrogen and oxygen atoms in total. The summed E-state index contributed by atoms with van der Waals surface area (Å²) in [4.78, 5) is -0.0268. The van der Waals surface area contributed by atoms with E-state index in [-0.39, 0.29) is 23.7 Å². The summed E-state index contributed by atoms with van der Waals surface area (Å²) in [5.74, 6) is 0. The van der Waals surface area contributed by atoms with Gasteiger partial charge in [-0.05, 0) is 24.6 Å². The molecule has 7 heteroatoms. The van der Waals surface area contributed by atoms with Crippen molar-refractivity contribution in [3.8, 4) is 6.07 Å². The Morgan fingerprint density at radius 3 is 2.60 bits per heavy atom. The molecule has 1 aromatic carbocycles. The van der Waals surface area contributed by atoms with E-state index < -0.39 is 10.0 Å². The highest BCUT2D eigenvalue weighted by atomic mass is 32.2. The molecule has 0 bridgehead atoms. The third-order valence-corrected chi connectivity index (χ3v) is 4.84. The molecule has 0 aliphatic heterocycles. The highest BCUT2D eigenvalue weighted by Gasteiger charge is 2.25. The van der Waals surface area contributed by atoms with Crippen LogP contribution in [-0.4, -0.2) is 37.5 Å². The van der Waals surface area contributed by atoms with E-state index in [0.717, 1.165) is 6.42 Å². The van der Waals surface area contributed by atoms with Gasteiger partial charge in [0.25, 0.3) is 0 Å². The molecule has 0 saturated heterocycles. The summed E-state index contributed by atoms with van der Waals surface area (Å²) in [6.45, 7) is 2.07. The van der Waals surface area contributed by atoms with Crippen LogP contribution in [0, 0.1) is 11.3 Å². The molecule has 0 saturated carbocycles. The molecule has 0 atom stereocenters. The molecule has 3 N–H and O–H groups in total. The standard InChI is InChI=1S/C13H19N3O3S/c1-2-3-6-16(7-8-17)20(18,19)13-5-4-11(10-14)9-12(13)15/h4-5,9,17H,2-3,6-8,15H2,1H3. The van der Waals surface area contributed by atoms with E-state index in [4.69, 9.17) is 16.1 Å². The Labute approximate surface area is 119 Å². The maximum atomic E-state index is 12.5. The molecule has 0 amide bonds. The second kappa shape index (κ2) is 7.24. The van der Waals surface area contributed by atoms with Crippen molar-refractivity contribution in [1.82, 2.24) is 4.31 Å². The first-order chi connectivity index (χ1) is 9.47. The Bertz CT molecular complexity index is 593. The summed E-state index contributed by atoms with van der Waals surface area (Å²) in [6.07, 6.45) is 1.55. The molecular weight excluding hydrogens is 278 g/mol. The minimum atomic E-state index is -3.75. The monoisotopic (exact) mass is 297 g/mol. The minimum absolute atomic E-state index is 0.0268. The van der Waals surface area contributed by atoms with Gasteiger partial charge in [0.1, 0.15) is 4.90 Å². The van der Waals surface area contributed by atoms with Crippen LogP contribution in [0.4, 0.5) is 5.69 Å². The number of nitriles is 1. The van der Waals surface area contributed by atoms with Crippen LogP contribution in [0.15, 0.2) is 23.1 Å². The number of nitrogen functional groups attached to an aromatic ring is 1. The predicted octanol–water partition coefficient (Wildman–Crippen LogP) is 0.924. The lowest BCUT2D eigenvalue weighted by atomic mass is 10.2. The number of aliphatic hydroxyl groups is 1. The number of rotatable bonds is 7. The van der Waals surface area contributed by atoms with Gasteiger partial charge in [-0.1, -0.05) is 13.3 Å². The van der Waals surface area contributed by atoms with Crippen LogP contribution in [-0.2, 0) is 10.0 Å². The van der Waals surface area contributed by atoms with Crippen LogP contribution in [0.5, 0.6) is 0 Å². The summed E-state index contributed by atoms with van der Waals surface area (Å²) in [7, 11) is -3.75. The van der Waals surface area contributed by atoms with Gasteiger partial charge in [0.15, 0.2) is 0 Å². The van der Waals surface area contributed by atoms with Crippen LogP contribution in [0.3, 0.4) is 0 Å². The van der Waals surface area contributed by atoms with Crippen molar-refractivity contribution >= 4 is 15.7 Å². The highest BCUT2D eigenvalue weighted by Crippen LogP contribution is 2.23. The lowest BCUT2D eigenvalue weighted by Gasteiger charge is -2.22. The molecular formula is C13H19N3O3S. The Hall–Kier alpha value is -1.62. The summed E-state index contributed by atoms with van der Waals surface area (Å²) in [5, 5.41) is 17.8. The third kappa shape index (κ3) is 3.70. The summed E-state index contributed by atoms with van der Waals surface area (Å²) >= 11 is 0. The number of hydrogen-bond donors (Lipinski definition) is 2. The van der Waals surface area contributed by atoms with Crippen LogP contribution in [0.2, 0.25) is 0 Å². The molecule has 0 fully saturated rings. The van der Waals surface area contributed by atoms with Gasteiger partial charge in [-0.25, -0.2) is 8.42 Å². The van der Waals surface area contributed by atoms with Crippen molar-refractivity contribution in [2.45, 2.75) is 24.7 Å². The molecule has 0 unspecified atom stereocenters. The number of hydrogen-bond acceptors (Lipinski definition) is 5. The van der Waals surface area contributed by atoms with E-state index in [0.29, 0.717) is 18.5 Å². The molecule has 0 aromatic heterocycles. The van der Waals surface area contributed by atoms with Crippen molar-refractivity contribution < 1.29 is 13.5 Å². The van der Waals surface area contributed by atoms with Gasteiger partial charge in [0, 0.05) is 13.1 Å². The van der Waals surface area contributed by atoms with Gasteiger partial charge < -0.3 is 10.8 Å². The zero-order valence-electron chi connectivity index (χ0n) is 11.4. The van der Waals surface area contributed by atoms with E-state index >= 15 is 0 Å². The van der Waals surface area contributed by atoms with E-state index in [1.54, 1.807) is 0 Å². The largest absolute Gasteiger partial charge is 0.398 e. The number of aliphatic hydroxyl groups excluding tert-OH is 1. The van der Waals surface area contributed by atoms with Crippen molar-refractivity contribution in [2.75, 3.05) is 25.4 Å². The summed E-state index contributed by atoms with van der Waals surface area (Å²) in [5.41, 5.74) is 6.08. The lowest BCUT2D eigenvalue weighted by molar-refractivity contribution is 0.252. The molecule has 110 valence electrons. The van der Waals surface area contributed by atoms with Crippen LogP contribution in [0.25, 0.3) is 0 Å². The number of benzene rings is 1. The Kier molecular flexibility index (Phi) is 5.95. The second-order valence-electron chi connectivity index (χ2n) is 4.35. The summed E-state index contributed by atoms with van der Waals surface area (Å²) < 4.78 is 26.2. The number of sulfonamides is 1. The number of anilines is 1. The first-order valence-corrected chi connectivity index (χ1v) is 7.82. The SMILES string of the molecule is CCCCN(CCO)S(=O)(=O)c1ccc(C#N)cc1N. The lowest BCUT2D eigenvalue weighted by Crippen LogP contribution is -2.34. The number of nitrogens with two attached hydrogens (primary N) is 1. The zero-order chi connectivity index (χ0) is 15.2. The van der Waals surface area contributed by atoms with Gasteiger partial charge in [0.2, 0.25) is 10.0 Å². The molecule has 1 rings (SSSR count). The average Bonchev–Trinajstić information content (AvgIpc) is 2.42. The first kappa shape index (κ1) is 16.4. The normalized spacial score (nSPS) is 11.5. The average molecular weight is 297 g/mol. The molecule has 1 aromatic rings. The predicted molar refractivity (Wildman–Crippen MR) is 76.3 cm³/mol. The smallest absolute Gasteiger partial charge is 0.245 e. The van der Waals surface area contributed by atoms with Crippen molar-refractivity contribution in [3.63, 3.8) is 0 Å². The van der Waals surface area contributed by atoms with E-state index in [1.165, 1.54) is 22.5 Å². The number of unbranched alkanes of at least 4 members (excludes halogenated alkanes) is 1. The number of nitrogens with zero attached hydrogens (tertiary/aromatic N) is 2. The third-order valence-electron chi connectivity index (χ3n) is 2.87. The molecule has 0 radical (unpaired) electrons. The Balaban J connectivity index is 3.16. The fraction of sp³-hybridized carbons (Fsp3) is 0.462. The Morgan fingerprint density at radius 2 is 2.10 bits per heavy atom. The zero-order valence-corrected chi connectivity index (χ0v) is 12.2. The van der Waals surface area contributed by atoms with Crippen LogP contribution >= 0.6 is 0 Å². The first-order valence-electron chi connectivity index (χ1n) is 6.38. The van der Waals surface area contributed by atoms with Crippen molar-refractivity contribution in [3.05, 3.63) is 23.8 Å². The molecule has 0 spiro atoms. The van der Waals surface area contributed by atoms with Gasteiger partial charge >= 0.3 is 0 Å². The van der Waals surface area contributed by atoms with Crippen LogP contribution in [0.1, 0.15) is 25.3 Å². The van der Waals surface area contributed by atoms with Crippen molar-refractivity contribution in [1.29, 1.82) is 5.26 Å². The molecule has 20 heavy (non-hydrogen) atoms. The topological polar surface area (TPSA) is 107 Å². The molecule has 0 heterocycles.